The molecule has 1 rings (SSSR count). The molecule has 1 aromatic rings. The van der Waals surface area contributed by atoms with Gasteiger partial charge in [0.05, 0.1) is 10.6 Å². The molecular formula is C8H3Cl2NO. The van der Waals surface area contributed by atoms with Crippen molar-refractivity contribution in [1.82, 2.24) is 0 Å². The first kappa shape index (κ1) is 9.05. The molecule has 1 aromatic carbocycles. The molecule has 4 heteroatoms. The number of nitrogens with zero attached hydrogens (tertiary/aromatic N) is 1. The number of carbonyl (C=O) groups is 1. The SMILES string of the molecule is N#CC(=O)c1ccc(Cl)cc1Cl. The van der Waals surface area contributed by atoms with Crippen LogP contribution in [0.2, 0.25) is 10.0 Å². The highest BCUT2D eigenvalue weighted by Crippen LogP contribution is 2.20. The average Bonchev–Trinajstić information content (AvgIpc) is 2.03. The van der Waals surface area contributed by atoms with Gasteiger partial charge in [-0.15, -0.1) is 0 Å². The van der Waals surface area contributed by atoms with Crippen LogP contribution in [0.15, 0.2) is 18.2 Å². The second-order valence-electron chi connectivity index (χ2n) is 2.07. The standard InChI is InChI=1S/C8H3Cl2NO/c9-5-1-2-6(7(10)3-5)8(12)4-11/h1-3H. The predicted molar refractivity (Wildman–Crippen MR) is 46.4 cm³/mol. The van der Waals surface area contributed by atoms with Gasteiger partial charge in [-0.05, 0) is 18.2 Å². The third kappa shape index (κ3) is 1.76. The van der Waals surface area contributed by atoms with Crippen LogP contribution in [-0.2, 0) is 0 Å². The van der Waals surface area contributed by atoms with Crippen molar-refractivity contribution in [1.29, 1.82) is 5.26 Å². The number of hydrogen-bond donors (Lipinski definition) is 0. The maximum atomic E-state index is 10.9. The monoisotopic (exact) mass is 199 g/mol. The molecule has 0 radical (unpaired) electrons. The molecule has 0 N–H and O–H groups in total. The highest BCUT2D eigenvalue weighted by Gasteiger charge is 2.08. The summed E-state index contributed by atoms with van der Waals surface area (Å²) in [6, 6.07) is 5.84. The fourth-order valence-corrected chi connectivity index (χ4v) is 1.23. The number of rotatable bonds is 1. The predicted octanol–water partition coefficient (Wildman–Crippen LogP) is 2.70. The van der Waals surface area contributed by atoms with Crippen molar-refractivity contribution in [2.75, 3.05) is 0 Å². The molecule has 2 nitrogen and oxygen atoms in total. The van der Waals surface area contributed by atoms with Crippen LogP contribution in [0.5, 0.6) is 0 Å². The quantitative estimate of drug-likeness (QED) is 0.516. The second kappa shape index (κ2) is 3.57. The topological polar surface area (TPSA) is 40.9 Å². The van der Waals surface area contributed by atoms with E-state index in [1.165, 1.54) is 24.3 Å². The molecular weight excluding hydrogens is 197 g/mol. The molecule has 0 bridgehead atoms. The highest BCUT2D eigenvalue weighted by atomic mass is 35.5. The molecule has 0 saturated carbocycles. The average molecular weight is 200 g/mol. The van der Waals surface area contributed by atoms with Crippen LogP contribution in [-0.4, -0.2) is 5.78 Å². The number of benzene rings is 1. The molecule has 60 valence electrons. The smallest absolute Gasteiger partial charge is 0.263 e. The molecule has 0 spiro atoms. The van der Waals surface area contributed by atoms with E-state index in [1.54, 1.807) is 0 Å². The van der Waals surface area contributed by atoms with E-state index in [9.17, 15) is 4.79 Å². The zero-order valence-electron chi connectivity index (χ0n) is 5.84. The van der Waals surface area contributed by atoms with E-state index in [-0.39, 0.29) is 10.6 Å². The van der Waals surface area contributed by atoms with Crippen LogP contribution >= 0.6 is 23.2 Å². The molecule has 0 aliphatic heterocycles. The lowest BCUT2D eigenvalue weighted by Crippen LogP contribution is -1.94. The number of hydrogen-bond acceptors (Lipinski definition) is 2. The zero-order chi connectivity index (χ0) is 9.14. The van der Waals surface area contributed by atoms with Crippen molar-refractivity contribution in [2.24, 2.45) is 0 Å². The van der Waals surface area contributed by atoms with Crippen molar-refractivity contribution >= 4 is 29.0 Å². The van der Waals surface area contributed by atoms with E-state index < -0.39 is 5.78 Å². The fourth-order valence-electron chi connectivity index (χ4n) is 0.734. The largest absolute Gasteiger partial charge is 0.277 e. The summed E-state index contributed by atoms with van der Waals surface area (Å²) in [5.41, 5.74) is 0.184. The number of halogens is 2. The van der Waals surface area contributed by atoms with Gasteiger partial charge in [-0.3, -0.25) is 4.79 Å². The first-order valence-electron chi connectivity index (χ1n) is 3.04. The van der Waals surface area contributed by atoms with Crippen molar-refractivity contribution in [3.05, 3.63) is 33.8 Å². The summed E-state index contributed by atoms with van der Waals surface area (Å²) < 4.78 is 0. The number of ketones is 1. The molecule has 0 atom stereocenters. The van der Waals surface area contributed by atoms with Gasteiger partial charge in [0, 0.05) is 5.02 Å². The maximum Gasteiger partial charge on any atom is 0.263 e. The Labute approximate surface area is 79.3 Å². The minimum absolute atomic E-state index is 0.184. The minimum Gasteiger partial charge on any atom is -0.277 e. The Bertz CT molecular complexity index is 368. The van der Waals surface area contributed by atoms with Gasteiger partial charge in [-0.2, -0.15) is 5.26 Å². The van der Waals surface area contributed by atoms with E-state index in [1.807, 2.05) is 0 Å². The van der Waals surface area contributed by atoms with Gasteiger partial charge >= 0.3 is 0 Å². The van der Waals surface area contributed by atoms with Crippen LogP contribution in [0.1, 0.15) is 10.4 Å². The van der Waals surface area contributed by atoms with Crippen LogP contribution in [0.4, 0.5) is 0 Å². The van der Waals surface area contributed by atoms with Gasteiger partial charge in [0.25, 0.3) is 5.78 Å². The first-order chi connectivity index (χ1) is 5.65. The Hall–Kier alpha value is -1.04. The summed E-state index contributed by atoms with van der Waals surface area (Å²) in [7, 11) is 0. The van der Waals surface area contributed by atoms with Gasteiger partial charge in [-0.25, -0.2) is 0 Å². The van der Waals surface area contributed by atoms with Gasteiger partial charge in [-0.1, -0.05) is 23.2 Å². The summed E-state index contributed by atoms with van der Waals surface area (Å²) in [6.45, 7) is 0. The Morgan fingerprint density at radius 2 is 2.08 bits per heavy atom. The van der Waals surface area contributed by atoms with Crippen LogP contribution in [0.25, 0.3) is 0 Å². The van der Waals surface area contributed by atoms with Crippen molar-refractivity contribution in [3.8, 4) is 6.07 Å². The highest BCUT2D eigenvalue weighted by molar-refractivity contribution is 6.37. The lowest BCUT2D eigenvalue weighted by Gasteiger charge is -1.96. The molecule has 12 heavy (non-hydrogen) atoms. The summed E-state index contributed by atoms with van der Waals surface area (Å²) in [5, 5.41) is 8.93. The van der Waals surface area contributed by atoms with Gasteiger partial charge in [0.15, 0.2) is 0 Å². The molecule has 0 saturated heterocycles. The molecule has 0 aliphatic carbocycles. The Morgan fingerprint density at radius 3 is 2.58 bits per heavy atom. The van der Waals surface area contributed by atoms with E-state index in [0.717, 1.165) is 0 Å². The van der Waals surface area contributed by atoms with E-state index in [2.05, 4.69) is 0 Å². The second-order valence-corrected chi connectivity index (χ2v) is 2.91. The third-order valence-corrected chi connectivity index (χ3v) is 1.83. The molecule has 0 aromatic heterocycles. The zero-order valence-corrected chi connectivity index (χ0v) is 7.36. The van der Waals surface area contributed by atoms with Gasteiger partial charge < -0.3 is 0 Å². The molecule has 0 amide bonds. The normalized spacial score (nSPS) is 9.08. The minimum atomic E-state index is -0.656. The van der Waals surface area contributed by atoms with Crippen LogP contribution in [0.3, 0.4) is 0 Å². The summed E-state index contributed by atoms with van der Waals surface area (Å²) >= 11 is 11.2. The Kier molecular flexibility index (Phi) is 2.69. The lowest BCUT2D eigenvalue weighted by molar-refractivity contribution is 0.105. The molecule has 0 aliphatic rings. The van der Waals surface area contributed by atoms with Crippen molar-refractivity contribution < 1.29 is 4.79 Å². The van der Waals surface area contributed by atoms with E-state index in [4.69, 9.17) is 28.5 Å². The summed E-state index contributed by atoms with van der Waals surface area (Å²) in [6.07, 6.45) is 0. The summed E-state index contributed by atoms with van der Waals surface area (Å²) in [4.78, 5) is 10.9. The van der Waals surface area contributed by atoms with Gasteiger partial charge in [0.1, 0.15) is 6.07 Å². The van der Waals surface area contributed by atoms with Gasteiger partial charge in [0.2, 0.25) is 0 Å². The number of Topliss-reactive ketones (excluding diaryl/α,β-unsaturated/α-hetero) is 1. The first-order valence-corrected chi connectivity index (χ1v) is 3.80. The van der Waals surface area contributed by atoms with Crippen LogP contribution < -0.4 is 0 Å². The molecule has 0 heterocycles. The van der Waals surface area contributed by atoms with Crippen molar-refractivity contribution in [2.45, 2.75) is 0 Å². The Morgan fingerprint density at radius 1 is 1.42 bits per heavy atom. The van der Waals surface area contributed by atoms with E-state index in [0.29, 0.717) is 5.02 Å². The van der Waals surface area contributed by atoms with Crippen molar-refractivity contribution in [3.63, 3.8) is 0 Å². The number of nitriles is 1. The maximum absolute atomic E-state index is 10.9. The lowest BCUT2D eigenvalue weighted by atomic mass is 10.1. The Balaban J connectivity index is 3.20. The van der Waals surface area contributed by atoms with E-state index >= 15 is 0 Å². The molecule has 0 unspecified atom stereocenters. The summed E-state index contributed by atoms with van der Waals surface area (Å²) in [5.74, 6) is -0.656. The number of carbonyl (C=O) groups excluding carboxylic acids is 1. The molecule has 0 fully saturated rings. The fraction of sp³-hybridized carbons (Fsp3) is 0. The third-order valence-electron chi connectivity index (χ3n) is 1.28. The van der Waals surface area contributed by atoms with Crippen LogP contribution in [0, 0.1) is 11.3 Å².